The van der Waals surface area contributed by atoms with E-state index in [4.69, 9.17) is 15.0 Å². The van der Waals surface area contributed by atoms with E-state index in [2.05, 4.69) is 20.1 Å². The summed E-state index contributed by atoms with van der Waals surface area (Å²) in [6, 6.07) is 1.19. The van der Waals surface area contributed by atoms with Gasteiger partial charge in [0.15, 0.2) is 23.2 Å². The van der Waals surface area contributed by atoms with E-state index in [-0.39, 0.29) is 37.1 Å². The molecule has 204 valence electrons. The van der Waals surface area contributed by atoms with E-state index >= 15 is 0 Å². The Morgan fingerprint density at radius 2 is 1.79 bits per heavy atom. The molecule has 1 aromatic carbocycles. The molecule has 2 aliphatic heterocycles. The van der Waals surface area contributed by atoms with Crippen LogP contribution in [0.5, 0.6) is 5.75 Å². The Labute approximate surface area is 217 Å². The van der Waals surface area contributed by atoms with Crippen LogP contribution in [-0.4, -0.2) is 65.1 Å². The molecule has 2 aliphatic rings. The van der Waals surface area contributed by atoms with Crippen LogP contribution in [-0.2, 0) is 0 Å². The predicted octanol–water partition coefficient (Wildman–Crippen LogP) is 3.57. The molecule has 2 aromatic heterocycles. The first kappa shape index (κ1) is 26.1. The molecule has 9 nitrogen and oxygen atoms in total. The number of halogens is 4. The molecule has 38 heavy (non-hydrogen) atoms. The highest BCUT2D eigenvalue weighted by molar-refractivity contribution is 5.39. The summed E-state index contributed by atoms with van der Waals surface area (Å²) in [5.41, 5.74) is 6.19. The van der Waals surface area contributed by atoms with Crippen molar-refractivity contribution in [1.29, 1.82) is 0 Å². The number of nitrogens with two attached hydrogens (primary N) is 1. The predicted molar refractivity (Wildman–Crippen MR) is 130 cm³/mol. The van der Waals surface area contributed by atoms with Crippen LogP contribution in [0.1, 0.15) is 43.5 Å². The maximum Gasteiger partial charge on any atom is 0.324 e. The molecule has 4 unspecified atom stereocenters. The number of anilines is 2. The van der Waals surface area contributed by atoms with Gasteiger partial charge < -0.3 is 24.8 Å². The third kappa shape index (κ3) is 5.38. The Morgan fingerprint density at radius 1 is 1.05 bits per heavy atom. The van der Waals surface area contributed by atoms with Gasteiger partial charge in [-0.05, 0) is 18.1 Å². The summed E-state index contributed by atoms with van der Waals surface area (Å²) >= 11 is 0. The molecule has 4 atom stereocenters. The number of piperidine rings is 1. The van der Waals surface area contributed by atoms with Crippen LogP contribution in [0.4, 0.5) is 29.5 Å². The lowest BCUT2D eigenvalue weighted by Gasteiger charge is -2.33. The van der Waals surface area contributed by atoms with Gasteiger partial charge in [0.05, 0.1) is 25.5 Å². The van der Waals surface area contributed by atoms with Crippen LogP contribution >= 0.6 is 0 Å². The minimum absolute atomic E-state index is 0.0186. The number of aromatic nitrogens is 4. The number of rotatable bonds is 7. The van der Waals surface area contributed by atoms with Crippen molar-refractivity contribution in [3.63, 3.8) is 0 Å². The zero-order valence-corrected chi connectivity index (χ0v) is 21.0. The van der Waals surface area contributed by atoms with E-state index < -0.39 is 35.6 Å². The molecule has 2 fully saturated rings. The largest absolute Gasteiger partial charge is 0.490 e. The van der Waals surface area contributed by atoms with E-state index in [1.165, 1.54) is 12.4 Å². The van der Waals surface area contributed by atoms with Gasteiger partial charge in [-0.1, -0.05) is 19.0 Å². The van der Waals surface area contributed by atoms with E-state index in [1.54, 1.807) is 9.80 Å². The molecule has 2 saturated heterocycles. The van der Waals surface area contributed by atoms with Crippen LogP contribution in [0.2, 0.25) is 0 Å². The quantitative estimate of drug-likeness (QED) is 0.359. The monoisotopic (exact) mass is 535 g/mol. The highest BCUT2D eigenvalue weighted by Gasteiger charge is 2.35. The normalized spacial score (nSPS) is 23.9. The van der Waals surface area contributed by atoms with Crippen molar-refractivity contribution in [3.05, 3.63) is 53.4 Å². The fourth-order valence-electron chi connectivity index (χ4n) is 4.80. The maximum absolute atomic E-state index is 14.9. The SMILES string of the molecule is CC(C)c1noc(N2CCC(COc3cnc(N4CC(N)C(c5cc(F)c(F)cc5F)C4)nc3)C(F)C2)n1. The van der Waals surface area contributed by atoms with Gasteiger partial charge >= 0.3 is 6.01 Å². The molecule has 0 spiro atoms. The first-order chi connectivity index (χ1) is 18.2. The molecule has 0 bridgehead atoms. The van der Waals surface area contributed by atoms with Gasteiger partial charge in [0.25, 0.3) is 0 Å². The van der Waals surface area contributed by atoms with Crippen LogP contribution in [0.15, 0.2) is 29.0 Å². The third-order valence-electron chi connectivity index (χ3n) is 7.06. The van der Waals surface area contributed by atoms with Crippen molar-refractivity contribution >= 4 is 12.0 Å². The first-order valence-electron chi connectivity index (χ1n) is 12.5. The minimum Gasteiger partial charge on any atom is -0.490 e. The summed E-state index contributed by atoms with van der Waals surface area (Å²) < 4.78 is 67.2. The lowest BCUT2D eigenvalue weighted by Crippen LogP contribution is -2.44. The molecule has 3 aromatic rings. The molecule has 4 heterocycles. The number of hydrogen-bond donors (Lipinski definition) is 1. The number of nitrogens with zero attached hydrogens (tertiary/aromatic N) is 6. The molecule has 13 heteroatoms. The van der Waals surface area contributed by atoms with Gasteiger partial charge in [-0.2, -0.15) is 4.98 Å². The summed E-state index contributed by atoms with van der Waals surface area (Å²) in [5.74, 6) is -2.64. The fraction of sp³-hybridized carbons (Fsp3) is 0.520. The van der Waals surface area contributed by atoms with Crippen LogP contribution < -0.4 is 20.3 Å². The Hall–Kier alpha value is -3.48. The summed E-state index contributed by atoms with van der Waals surface area (Å²) in [5, 5.41) is 3.94. The average molecular weight is 536 g/mol. The van der Waals surface area contributed by atoms with Crippen LogP contribution in [0.25, 0.3) is 0 Å². The first-order valence-corrected chi connectivity index (χ1v) is 12.5. The Kier molecular flexibility index (Phi) is 7.37. The molecule has 5 rings (SSSR count). The summed E-state index contributed by atoms with van der Waals surface area (Å²) in [7, 11) is 0. The Balaban J connectivity index is 1.14. The lowest BCUT2D eigenvalue weighted by atomic mass is 9.94. The second-order valence-corrected chi connectivity index (χ2v) is 10.1. The molecule has 2 N–H and O–H groups in total. The maximum atomic E-state index is 14.9. The fourth-order valence-corrected chi connectivity index (χ4v) is 4.80. The highest BCUT2D eigenvalue weighted by atomic mass is 19.2. The Morgan fingerprint density at radius 3 is 2.47 bits per heavy atom. The van der Waals surface area contributed by atoms with E-state index in [9.17, 15) is 17.6 Å². The van der Waals surface area contributed by atoms with Gasteiger partial charge in [0.1, 0.15) is 12.0 Å². The summed E-state index contributed by atoms with van der Waals surface area (Å²) in [6.07, 6.45) is 2.37. The van der Waals surface area contributed by atoms with Gasteiger partial charge in [0.2, 0.25) is 5.95 Å². The minimum atomic E-state index is -1.25. The number of ether oxygens (including phenoxy) is 1. The van der Waals surface area contributed by atoms with Gasteiger partial charge in [0, 0.05) is 49.5 Å². The van der Waals surface area contributed by atoms with Crippen molar-refractivity contribution in [2.45, 2.75) is 44.3 Å². The van der Waals surface area contributed by atoms with Crippen molar-refractivity contribution in [2.24, 2.45) is 11.7 Å². The molecule has 0 amide bonds. The number of benzene rings is 1. The standard InChI is InChI=1S/C25H29F4N7O2/c1-13(2)23-33-25(38-34-23)35-4-3-14(21(29)10-35)12-37-15-7-31-24(32-8-15)36-9-17(22(30)11-36)16-5-19(27)20(28)6-18(16)26/h5-8,13-14,17,21-22H,3-4,9-12,30H2,1-2H3. The zero-order valence-electron chi connectivity index (χ0n) is 21.0. The van der Waals surface area contributed by atoms with E-state index in [1.807, 2.05) is 13.8 Å². The zero-order chi connectivity index (χ0) is 27.0. The smallest absolute Gasteiger partial charge is 0.324 e. The topological polar surface area (TPSA) is 106 Å². The van der Waals surface area contributed by atoms with Crippen molar-refractivity contribution < 1.29 is 26.8 Å². The van der Waals surface area contributed by atoms with Crippen molar-refractivity contribution in [3.8, 4) is 5.75 Å². The number of hydrogen-bond acceptors (Lipinski definition) is 9. The van der Waals surface area contributed by atoms with Crippen molar-refractivity contribution in [2.75, 3.05) is 42.6 Å². The van der Waals surface area contributed by atoms with Crippen molar-refractivity contribution in [1.82, 2.24) is 20.1 Å². The van der Waals surface area contributed by atoms with Crippen LogP contribution in [0, 0.1) is 23.4 Å². The second-order valence-electron chi connectivity index (χ2n) is 10.1. The summed E-state index contributed by atoms with van der Waals surface area (Å²) in [4.78, 5) is 16.4. The van der Waals surface area contributed by atoms with E-state index in [0.717, 1.165) is 6.07 Å². The van der Waals surface area contributed by atoms with Gasteiger partial charge in [-0.3, -0.25) is 0 Å². The number of alkyl halides is 1. The third-order valence-corrected chi connectivity index (χ3v) is 7.06. The molecule has 0 radical (unpaired) electrons. The van der Waals surface area contributed by atoms with Crippen LogP contribution in [0.3, 0.4) is 0 Å². The van der Waals surface area contributed by atoms with E-state index in [0.29, 0.717) is 49.1 Å². The average Bonchev–Trinajstić information content (AvgIpc) is 3.53. The molecular formula is C25H29F4N7O2. The highest BCUT2D eigenvalue weighted by Crippen LogP contribution is 2.32. The lowest BCUT2D eigenvalue weighted by molar-refractivity contribution is 0.129. The summed E-state index contributed by atoms with van der Waals surface area (Å²) in [6.45, 7) is 5.33. The molecule has 0 saturated carbocycles. The Bertz CT molecular complexity index is 1260. The van der Waals surface area contributed by atoms with Gasteiger partial charge in [-0.15, -0.1) is 0 Å². The second kappa shape index (κ2) is 10.7. The molecular weight excluding hydrogens is 506 g/mol. The molecule has 0 aliphatic carbocycles. The van der Waals surface area contributed by atoms with Gasteiger partial charge in [-0.25, -0.2) is 27.5 Å².